The molecule has 0 saturated carbocycles. The summed E-state index contributed by atoms with van der Waals surface area (Å²) < 4.78 is 24.9. The third kappa shape index (κ3) is 6.27. The third-order valence-corrected chi connectivity index (χ3v) is 4.45. The summed E-state index contributed by atoms with van der Waals surface area (Å²) in [6.45, 7) is 2.80. The lowest BCUT2D eigenvalue weighted by molar-refractivity contribution is -0.130. The number of hydrogen-bond acceptors (Lipinski definition) is 3. The second kappa shape index (κ2) is 8.14. The Morgan fingerprint density at radius 1 is 1.19 bits per heavy atom. The molecular weight excluding hydrogens is 288 g/mol. The Hall–Kier alpha value is -1.40. The van der Waals surface area contributed by atoms with E-state index in [9.17, 15) is 13.2 Å². The molecule has 0 radical (unpaired) electrons. The van der Waals surface area contributed by atoms with E-state index in [2.05, 4.69) is 6.92 Å². The summed E-state index contributed by atoms with van der Waals surface area (Å²) in [5.41, 5.74) is 0.868. The highest BCUT2D eigenvalue weighted by molar-refractivity contribution is 7.88. The van der Waals surface area contributed by atoms with Gasteiger partial charge in [-0.2, -0.15) is 4.31 Å². The Bertz CT molecular complexity index is 543. The molecule has 0 aliphatic rings. The van der Waals surface area contributed by atoms with Crippen LogP contribution in [0.25, 0.3) is 0 Å². The van der Waals surface area contributed by atoms with Crippen molar-refractivity contribution in [1.82, 2.24) is 9.21 Å². The number of nitrogens with zero attached hydrogens (tertiary/aromatic N) is 2. The number of benzene rings is 1. The normalized spacial score (nSPS) is 11.6. The molecule has 0 aliphatic carbocycles. The first-order valence-electron chi connectivity index (χ1n) is 7.07. The van der Waals surface area contributed by atoms with Crippen LogP contribution in [0.1, 0.15) is 25.3 Å². The summed E-state index contributed by atoms with van der Waals surface area (Å²) in [5, 5.41) is 0. The maximum absolute atomic E-state index is 12.1. The molecule has 0 aliphatic heterocycles. The van der Waals surface area contributed by atoms with Crippen LogP contribution in [0.15, 0.2) is 30.3 Å². The summed E-state index contributed by atoms with van der Waals surface area (Å²) in [7, 11) is -1.72. The number of carbonyl (C=O) groups excluding carboxylic acids is 1. The van der Waals surface area contributed by atoms with E-state index in [1.807, 2.05) is 30.3 Å². The van der Waals surface area contributed by atoms with Gasteiger partial charge in [-0.15, -0.1) is 0 Å². The number of unbranched alkanes of at least 4 members (excludes halogenated alkanes) is 1. The molecule has 0 fully saturated rings. The Morgan fingerprint density at radius 3 is 2.33 bits per heavy atom. The first-order chi connectivity index (χ1) is 9.84. The van der Waals surface area contributed by atoms with Crippen molar-refractivity contribution >= 4 is 15.9 Å². The molecule has 1 rings (SSSR count). The maximum atomic E-state index is 12.1. The van der Waals surface area contributed by atoms with Crippen LogP contribution in [-0.2, 0) is 21.4 Å². The summed E-state index contributed by atoms with van der Waals surface area (Å²) in [5.74, 6) is -0.176. The van der Waals surface area contributed by atoms with Crippen LogP contribution in [0.3, 0.4) is 0 Å². The number of sulfonamides is 1. The van der Waals surface area contributed by atoms with Crippen LogP contribution in [0.5, 0.6) is 0 Å². The average molecular weight is 312 g/mol. The lowest BCUT2D eigenvalue weighted by Gasteiger charge is -2.23. The molecule has 5 nitrogen and oxygen atoms in total. The Balaban J connectivity index is 2.74. The number of amides is 1. The van der Waals surface area contributed by atoms with Crippen molar-refractivity contribution in [3.8, 4) is 0 Å². The highest BCUT2D eigenvalue weighted by atomic mass is 32.2. The predicted molar refractivity (Wildman–Crippen MR) is 84.2 cm³/mol. The maximum Gasteiger partial charge on any atom is 0.237 e. The van der Waals surface area contributed by atoms with Crippen LogP contribution in [0, 0.1) is 0 Å². The highest BCUT2D eigenvalue weighted by Gasteiger charge is 2.22. The molecule has 0 spiro atoms. The summed E-state index contributed by atoms with van der Waals surface area (Å²) in [4.78, 5) is 13.7. The SMILES string of the molecule is CCCCN(C)C(=O)CN(Cc1ccccc1)S(C)(=O)=O. The minimum absolute atomic E-state index is 0.117. The molecule has 0 N–H and O–H groups in total. The summed E-state index contributed by atoms with van der Waals surface area (Å²) in [6.07, 6.45) is 3.05. The lowest BCUT2D eigenvalue weighted by atomic mass is 10.2. The molecule has 1 aromatic rings. The number of hydrogen-bond donors (Lipinski definition) is 0. The van der Waals surface area contributed by atoms with Gasteiger partial charge in [0.1, 0.15) is 0 Å². The first kappa shape index (κ1) is 17.7. The van der Waals surface area contributed by atoms with Crippen molar-refractivity contribution in [2.45, 2.75) is 26.3 Å². The number of carbonyl (C=O) groups is 1. The molecule has 6 heteroatoms. The van der Waals surface area contributed by atoms with Gasteiger partial charge in [0.25, 0.3) is 0 Å². The molecule has 0 bridgehead atoms. The van der Waals surface area contributed by atoms with Crippen molar-refractivity contribution in [1.29, 1.82) is 0 Å². The van der Waals surface area contributed by atoms with E-state index in [4.69, 9.17) is 0 Å². The monoisotopic (exact) mass is 312 g/mol. The predicted octanol–water partition coefficient (Wildman–Crippen LogP) is 1.71. The van der Waals surface area contributed by atoms with Gasteiger partial charge in [0.05, 0.1) is 12.8 Å². The minimum Gasteiger partial charge on any atom is -0.345 e. The van der Waals surface area contributed by atoms with Gasteiger partial charge >= 0.3 is 0 Å². The average Bonchev–Trinajstić information content (AvgIpc) is 2.44. The molecule has 0 unspecified atom stereocenters. The van der Waals surface area contributed by atoms with Crippen LogP contribution in [-0.4, -0.2) is 49.9 Å². The lowest BCUT2D eigenvalue weighted by Crippen LogP contribution is -2.41. The van der Waals surface area contributed by atoms with E-state index < -0.39 is 10.0 Å². The zero-order valence-corrected chi connectivity index (χ0v) is 13.8. The van der Waals surface area contributed by atoms with Gasteiger partial charge in [0.15, 0.2) is 0 Å². The van der Waals surface area contributed by atoms with Crippen LogP contribution in [0.2, 0.25) is 0 Å². The molecule has 1 aromatic carbocycles. The smallest absolute Gasteiger partial charge is 0.237 e. The fourth-order valence-corrected chi connectivity index (χ4v) is 2.60. The third-order valence-electron chi connectivity index (χ3n) is 3.26. The largest absolute Gasteiger partial charge is 0.345 e. The van der Waals surface area contributed by atoms with Gasteiger partial charge in [0.2, 0.25) is 15.9 Å². The van der Waals surface area contributed by atoms with E-state index in [1.165, 1.54) is 4.31 Å². The molecule has 0 aromatic heterocycles. The quantitative estimate of drug-likeness (QED) is 0.734. The van der Waals surface area contributed by atoms with E-state index in [0.717, 1.165) is 24.7 Å². The second-order valence-corrected chi connectivity index (χ2v) is 7.17. The first-order valence-corrected chi connectivity index (χ1v) is 8.92. The number of likely N-dealkylation sites (N-methyl/N-ethyl adjacent to an activating group) is 1. The Morgan fingerprint density at radius 2 is 1.81 bits per heavy atom. The Labute approximate surface area is 127 Å². The van der Waals surface area contributed by atoms with Gasteiger partial charge in [-0.05, 0) is 12.0 Å². The van der Waals surface area contributed by atoms with Crippen molar-refractivity contribution in [3.05, 3.63) is 35.9 Å². The van der Waals surface area contributed by atoms with Crippen molar-refractivity contribution in [2.75, 3.05) is 26.4 Å². The van der Waals surface area contributed by atoms with Gasteiger partial charge in [-0.3, -0.25) is 4.79 Å². The fraction of sp³-hybridized carbons (Fsp3) is 0.533. The zero-order chi connectivity index (χ0) is 15.9. The molecule has 0 heterocycles. The van der Waals surface area contributed by atoms with Crippen LogP contribution >= 0.6 is 0 Å². The second-order valence-electron chi connectivity index (χ2n) is 5.19. The highest BCUT2D eigenvalue weighted by Crippen LogP contribution is 2.09. The zero-order valence-electron chi connectivity index (χ0n) is 12.9. The summed E-state index contributed by atoms with van der Waals surface area (Å²) >= 11 is 0. The topological polar surface area (TPSA) is 57.7 Å². The van der Waals surface area contributed by atoms with E-state index in [1.54, 1.807) is 11.9 Å². The molecular formula is C15H24N2O3S. The van der Waals surface area contributed by atoms with Crippen LogP contribution in [0.4, 0.5) is 0 Å². The van der Waals surface area contributed by atoms with Crippen molar-refractivity contribution in [2.24, 2.45) is 0 Å². The van der Waals surface area contributed by atoms with E-state index >= 15 is 0 Å². The summed E-state index contributed by atoms with van der Waals surface area (Å²) in [6, 6.07) is 9.28. The van der Waals surface area contributed by atoms with Gasteiger partial charge in [0, 0.05) is 20.1 Å². The van der Waals surface area contributed by atoms with Gasteiger partial charge in [-0.25, -0.2) is 8.42 Å². The fourth-order valence-electron chi connectivity index (χ4n) is 1.87. The van der Waals surface area contributed by atoms with Crippen molar-refractivity contribution in [3.63, 3.8) is 0 Å². The standard InChI is InChI=1S/C15H24N2O3S/c1-4-5-11-16(2)15(18)13-17(21(3,19)20)12-14-9-7-6-8-10-14/h6-10H,4-5,11-13H2,1-3H3. The molecule has 0 saturated heterocycles. The molecule has 1 amide bonds. The van der Waals surface area contributed by atoms with Gasteiger partial charge < -0.3 is 4.90 Å². The Kier molecular flexibility index (Phi) is 6.84. The minimum atomic E-state index is -3.43. The molecule has 21 heavy (non-hydrogen) atoms. The van der Waals surface area contributed by atoms with E-state index in [-0.39, 0.29) is 19.0 Å². The van der Waals surface area contributed by atoms with Crippen LogP contribution < -0.4 is 0 Å². The molecule has 118 valence electrons. The molecule has 0 atom stereocenters. The number of rotatable bonds is 8. The van der Waals surface area contributed by atoms with Gasteiger partial charge in [-0.1, -0.05) is 43.7 Å². The van der Waals surface area contributed by atoms with Crippen molar-refractivity contribution < 1.29 is 13.2 Å². The van der Waals surface area contributed by atoms with E-state index in [0.29, 0.717) is 6.54 Å².